The number of hydrogen-bond acceptors (Lipinski definition) is 15. The Morgan fingerprint density at radius 1 is 0.370 bits per heavy atom. The molecule has 0 aromatic carbocycles. The monoisotopic (exact) mass is 1160 g/mol. The Balaban J connectivity index is 3.99. The van der Waals surface area contributed by atoms with Crippen LogP contribution in [0.15, 0.2) is 0 Å². The minimum absolute atomic E-state index is 0.0000102. The van der Waals surface area contributed by atoms with Crippen LogP contribution in [0.5, 0.6) is 0 Å². The van der Waals surface area contributed by atoms with E-state index in [2.05, 4.69) is 26.6 Å². The number of Topliss-reactive ketones (excluding diaryl/α,β-unsaturated/α-hetero) is 2. The lowest BCUT2D eigenvalue weighted by Crippen LogP contribution is -2.42. The van der Waals surface area contributed by atoms with Crippen molar-refractivity contribution in [2.75, 3.05) is 72.5 Å². The number of carboxylic acid groups (broad SMARTS) is 4. The zero-order valence-electron chi connectivity index (χ0n) is 48.5. The van der Waals surface area contributed by atoms with Crippen LogP contribution < -0.4 is 26.6 Å². The molecule has 0 aromatic heterocycles. The molecular weight excluding hydrogens is 1060 g/mol. The molecule has 0 rings (SSSR count). The molecule has 4 atom stereocenters. The summed E-state index contributed by atoms with van der Waals surface area (Å²) in [6.45, 7) is 4.50. The van der Waals surface area contributed by atoms with E-state index in [1.54, 1.807) is 0 Å². The van der Waals surface area contributed by atoms with Gasteiger partial charge in [0.05, 0.1) is 45.6 Å². The first-order chi connectivity index (χ1) is 38.9. The van der Waals surface area contributed by atoms with Crippen LogP contribution >= 0.6 is 0 Å². The molecule has 0 heterocycles. The van der Waals surface area contributed by atoms with Gasteiger partial charge in [0, 0.05) is 70.5 Å². The largest absolute Gasteiger partial charge is 0.481 e. The standard InChI is InChI=1S/C57H99N5O19/c1-3-21-43(48(64)4-2)22-19-20-31-58-49(65)29-26-47(57(76)77)62-52(68)28-25-44(55(72)73)40-45(63)41-80-38-36-79-35-33-60-53(69)42-81-39-37-78-34-32-59-50(66)30-27-46(56(74)75)61-51(67)23-17-15-13-11-9-7-5-6-8-10-12-14-16-18-24-54(70)71/h43-44,46-47H,3-42H2,1-2H3,(H,58,65)(H,59,66)(H,60,69)(H,61,67)(H,62,68)(H,70,71)(H,72,73)(H,74,75)(H,76,77)/t43-,44+,46-,47-/m0/s1. The summed E-state index contributed by atoms with van der Waals surface area (Å²) >= 11 is 0. The Bertz CT molecular complexity index is 1820. The number of carboxylic acids is 4. The number of ether oxygens (including phenoxy) is 4. The second-order valence-corrected chi connectivity index (χ2v) is 20.3. The van der Waals surface area contributed by atoms with E-state index in [9.17, 15) is 68.1 Å². The zero-order valence-corrected chi connectivity index (χ0v) is 48.5. The first kappa shape index (κ1) is 75.4. The topological polar surface area (TPSA) is 366 Å². The van der Waals surface area contributed by atoms with Gasteiger partial charge in [-0.2, -0.15) is 0 Å². The number of nitrogens with one attached hydrogen (secondary N) is 5. The fourth-order valence-electron chi connectivity index (χ4n) is 8.62. The van der Waals surface area contributed by atoms with Crippen molar-refractivity contribution in [3.8, 4) is 0 Å². The van der Waals surface area contributed by atoms with E-state index in [-0.39, 0.29) is 140 Å². The molecule has 24 nitrogen and oxygen atoms in total. The van der Waals surface area contributed by atoms with Crippen molar-refractivity contribution in [1.82, 2.24) is 26.6 Å². The molecule has 24 heteroatoms. The van der Waals surface area contributed by atoms with E-state index in [0.29, 0.717) is 25.8 Å². The fourth-order valence-corrected chi connectivity index (χ4v) is 8.62. The van der Waals surface area contributed by atoms with E-state index < -0.39 is 72.5 Å². The fraction of sp³-hybridized carbons (Fsp3) is 0.807. The van der Waals surface area contributed by atoms with Crippen LogP contribution in [0, 0.1) is 11.8 Å². The zero-order chi connectivity index (χ0) is 60.3. The molecule has 9 N–H and O–H groups in total. The van der Waals surface area contributed by atoms with Crippen molar-refractivity contribution in [1.29, 1.82) is 0 Å². The van der Waals surface area contributed by atoms with Crippen LogP contribution in [0.1, 0.15) is 200 Å². The number of amides is 5. The molecular formula is C57H99N5O19. The highest BCUT2D eigenvalue weighted by Crippen LogP contribution is 2.18. The summed E-state index contributed by atoms with van der Waals surface area (Å²) in [5.74, 6) is -8.37. The molecule has 5 amide bonds. The summed E-state index contributed by atoms with van der Waals surface area (Å²) in [5.41, 5.74) is 0. The molecule has 0 spiro atoms. The van der Waals surface area contributed by atoms with Crippen LogP contribution in [-0.2, 0) is 71.7 Å². The molecule has 0 unspecified atom stereocenters. The minimum Gasteiger partial charge on any atom is -0.481 e. The van der Waals surface area contributed by atoms with Gasteiger partial charge in [-0.25, -0.2) is 9.59 Å². The summed E-state index contributed by atoms with van der Waals surface area (Å²) in [7, 11) is 0. The van der Waals surface area contributed by atoms with Crippen molar-refractivity contribution in [3.63, 3.8) is 0 Å². The van der Waals surface area contributed by atoms with Gasteiger partial charge in [-0.1, -0.05) is 104 Å². The first-order valence-electron chi connectivity index (χ1n) is 29.5. The molecule has 0 aliphatic carbocycles. The first-order valence-corrected chi connectivity index (χ1v) is 29.5. The lowest BCUT2D eigenvalue weighted by atomic mass is 9.91. The third-order valence-corrected chi connectivity index (χ3v) is 13.3. The third-order valence-electron chi connectivity index (χ3n) is 13.3. The molecule has 0 aliphatic heterocycles. The molecule has 466 valence electrons. The maximum atomic E-state index is 12.5. The van der Waals surface area contributed by atoms with Gasteiger partial charge in [0.25, 0.3) is 0 Å². The molecule has 0 saturated carbocycles. The predicted octanol–water partition coefficient (Wildman–Crippen LogP) is 5.43. The second-order valence-electron chi connectivity index (χ2n) is 20.3. The number of hydrogen-bond donors (Lipinski definition) is 9. The summed E-state index contributed by atoms with van der Waals surface area (Å²) < 4.78 is 21.3. The smallest absolute Gasteiger partial charge is 0.326 e. The van der Waals surface area contributed by atoms with Crippen LogP contribution in [0.2, 0.25) is 0 Å². The number of carbonyl (C=O) groups excluding carboxylic acids is 7. The molecule has 0 saturated heterocycles. The van der Waals surface area contributed by atoms with E-state index in [1.165, 1.54) is 32.1 Å². The van der Waals surface area contributed by atoms with Crippen molar-refractivity contribution < 1.29 is 92.1 Å². The SMILES string of the molecule is CCC[C@@H](CCCCNC(=O)CC[C@H](NC(=O)CC[C@H](CC(=O)COCCOCCNC(=O)COCCOCCNC(=O)CC[C@H](NC(=O)CCCCCCCCCCCCCCCCC(=O)O)C(=O)O)C(=O)O)C(=O)O)C(=O)CC. The number of unbranched alkanes of at least 4 members (excludes halogenated alkanes) is 14. The Morgan fingerprint density at radius 2 is 0.802 bits per heavy atom. The quantitative estimate of drug-likeness (QED) is 0.0343. The molecule has 81 heavy (non-hydrogen) atoms. The van der Waals surface area contributed by atoms with E-state index in [1.807, 2.05) is 13.8 Å². The molecule has 0 bridgehead atoms. The van der Waals surface area contributed by atoms with Gasteiger partial charge in [0.2, 0.25) is 29.5 Å². The number of carbonyl (C=O) groups is 11. The number of rotatable bonds is 58. The third kappa shape index (κ3) is 46.7. The predicted molar refractivity (Wildman–Crippen MR) is 299 cm³/mol. The Kier molecular flexibility index (Phi) is 47.8. The molecule has 0 fully saturated rings. The molecule has 0 radical (unpaired) electrons. The Morgan fingerprint density at radius 3 is 1.27 bits per heavy atom. The maximum Gasteiger partial charge on any atom is 0.326 e. The Labute approximate surface area is 478 Å². The number of aliphatic carboxylic acids is 4. The van der Waals surface area contributed by atoms with Gasteiger partial charge in [-0.05, 0) is 51.4 Å². The Hall–Kier alpha value is -5.59. The summed E-state index contributed by atoms with van der Waals surface area (Å²) in [6.07, 6.45) is 18.2. The van der Waals surface area contributed by atoms with Gasteiger partial charge >= 0.3 is 23.9 Å². The van der Waals surface area contributed by atoms with Crippen LogP contribution in [-0.4, -0.2) is 170 Å². The minimum atomic E-state index is -1.38. The van der Waals surface area contributed by atoms with Crippen LogP contribution in [0.4, 0.5) is 0 Å². The number of ketones is 2. The highest BCUT2D eigenvalue weighted by atomic mass is 16.5. The highest BCUT2D eigenvalue weighted by molar-refractivity contribution is 5.87. The van der Waals surface area contributed by atoms with Gasteiger partial charge in [0.1, 0.15) is 31.1 Å². The van der Waals surface area contributed by atoms with Crippen molar-refractivity contribution in [3.05, 3.63) is 0 Å². The average molecular weight is 1160 g/mol. The van der Waals surface area contributed by atoms with Crippen molar-refractivity contribution in [2.24, 2.45) is 11.8 Å². The van der Waals surface area contributed by atoms with E-state index in [0.717, 1.165) is 77.0 Å². The average Bonchev–Trinajstić information content (AvgIpc) is 3.42. The summed E-state index contributed by atoms with van der Waals surface area (Å²) in [4.78, 5) is 132. The van der Waals surface area contributed by atoms with Gasteiger partial charge < -0.3 is 66.0 Å². The lowest BCUT2D eigenvalue weighted by molar-refractivity contribution is -0.145. The van der Waals surface area contributed by atoms with Gasteiger partial charge in [0.15, 0.2) is 5.78 Å². The maximum absolute atomic E-state index is 12.5. The summed E-state index contributed by atoms with van der Waals surface area (Å²) in [6, 6.07) is -2.55. The van der Waals surface area contributed by atoms with Gasteiger partial charge in [-0.15, -0.1) is 0 Å². The summed E-state index contributed by atoms with van der Waals surface area (Å²) in [5, 5.41) is 50.2. The normalized spacial score (nSPS) is 12.6. The van der Waals surface area contributed by atoms with Crippen LogP contribution in [0.25, 0.3) is 0 Å². The van der Waals surface area contributed by atoms with Crippen LogP contribution in [0.3, 0.4) is 0 Å². The van der Waals surface area contributed by atoms with E-state index >= 15 is 0 Å². The van der Waals surface area contributed by atoms with Crippen molar-refractivity contribution in [2.45, 2.75) is 212 Å². The van der Waals surface area contributed by atoms with Crippen molar-refractivity contribution >= 4 is 65.0 Å². The molecule has 0 aliphatic rings. The van der Waals surface area contributed by atoms with Gasteiger partial charge in [-0.3, -0.25) is 43.2 Å². The second kappa shape index (κ2) is 51.3. The highest BCUT2D eigenvalue weighted by Gasteiger charge is 2.26. The molecule has 0 aromatic rings. The lowest BCUT2D eigenvalue weighted by Gasteiger charge is -2.16. The van der Waals surface area contributed by atoms with E-state index in [4.69, 9.17) is 24.1 Å².